The number of thiophene rings is 1. The molecule has 3 heteroatoms. The van der Waals surface area contributed by atoms with Crippen LogP contribution >= 0.6 is 11.3 Å². The van der Waals surface area contributed by atoms with Crippen molar-refractivity contribution in [3.05, 3.63) is 180 Å². The summed E-state index contributed by atoms with van der Waals surface area (Å²) in [5.41, 5.74) is 11.3. The lowest BCUT2D eigenvalue weighted by molar-refractivity contribution is 0.714. The van der Waals surface area contributed by atoms with Crippen molar-refractivity contribution in [2.24, 2.45) is 0 Å². The molecule has 2 nitrogen and oxygen atoms in total. The van der Waals surface area contributed by atoms with Crippen molar-refractivity contribution < 1.29 is 0 Å². The first kappa shape index (κ1) is 28.1. The molecule has 0 radical (unpaired) electrons. The summed E-state index contributed by atoms with van der Waals surface area (Å²) in [6, 6.07) is 59.1. The molecule has 1 unspecified atom stereocenters. The van der Waals surface area contributed by atoms with Crippen molar-refractivity contribution in [3.8, 4) is 45.0 Å². The highest BCUT2D eigenvalue weighted by molar-refractivity contribution is 7.25. The van der Waals surface area contributed by atoms with E-state index >= 15 is 0 Å². The van der Waals surface area contributed by atoms with E-state index in [2.05, 4.69) is 171 Å². The number of nitrogens with zero attached hydrogens (tertiary/aromatic N) is 2. The fraction of sp³-hybridized carbons (Fsp3) is 0.0435. The largest absolute Gasteiger partial charge is 0.228 e. The first-order valence-corrected chi connectivity index (χ1v) is 17.6. The van der Waals surface area contributed by atoms with Crippen molar-refractivity contribution in [2.75, 3.05) is 0 Å². The van der Waals surface area contributed by atoms with Gasteiger partial charge in [0, 0.05) is 42.3 Å². The van der Waals surface area contributed by atoms with E-state index in [-0.39, 0.29) is 5.41 Å². The summed E-state index contributed by atoms with van der Waals surface area (Å²) in [6.07, 6.45) is 0. The standard InChI is InChI=1S/C46H30N2S/c1-46(33-14-3-2-4-15-33)38-19-9-7-16-34(38)35-25-24-31(27-39(35)46)40-28-41(36-18-11-21-43-44(36)37-17-8-10-20-42(37)49-43)48-45(47-40)32-23-22-29-12-5-6-13-30(29)26-32/h2-28H,1H3. The fourth-order valence-corrected chi connectivity index (χ4v) is 9.04. The van der Waals surface area contributed by atoms with Gasteiger partial charge in [0.2, 0.25) is 0 Å². The lowest BCUT2D eigenvalue weighted by atomic mass is 9.74. The van der Waals surface area contributed by atoms with E-state index < -0.39 is 0 Å². The molecule has 2 aromatic heterocycles. The summed E-state index contributed by atoms with van der Waals surface area (Å²) in [6.45, 7) is 2.37. The van der Waals surface area contributed by atoms with Crippen LogP contribution in [-0.2, 0) is 5.41 Å². The summed E-state index contributed by atoms with van der Waals surface area (Å²) in [5, 5.41) is 4.89. The average Bonchev–Trinajstić information content (AvgIpc) is 3.68. The van der Waals surface area contributed by atoms with Crippen molar-refractivity contribution in [1.29, 1.82) is 0 Å². The zero-order valence-corrected chi connectivity index (χ0v) is 27.7. The van der Waals surface area contributed by atoms with E-state index in [4.69, 9.17) is 9.97 Å². The van der Waals surface area contributed by atoms with Gasteiger partial charge < -0.3 is 0 Å². The van der Waals surface area contributed by atoms with Gasteiger partial charge in [-0.15, -0.1) is 11.3 Å². The third-order valence-electron chi connectivity index (χ3n) is 10.4. The Balaban J connectivity index is 1.22. The predicted molar refractivity (Wildman–Crippen MR) is 206 cm³/mol. The van der Waals surface area contributed by atoms with Crippen LogP contribution < -0.4 is 0 Å². The average molecular weight is 643 g/mol. The van der Waals surface area contributed by atoms with Gasteiger partial charge in [0.05, 0.1) is 11.4 Å². The van der Waals surface area contributed by atoms with Gasteiger partial charge in [-0.3, -0.25) is 0 Å². The molecule has 1 aliphatic rings. The Morgan fingerprint density at radius 3 is 2.08 bits per heavy atom. The molecular weight excluding hydrogens is 613 g/mol. The topological polar surface area (TPSA) is 25.8 Å². The molecule has 230 valence electrons. The van der Waals surface area contributed by atoms with Crippen LogP contribution in [0.25, 0.3) is 76.0 Å². The van der Waals surface area contributed by atoms with E-state index in [1.54, 1.807) is 0 Å². The molecular formula is C46H30N2S. The number of aromatic nitrogens is 2. The second-order valence-electron chi connectivity index (χ2n) is 13.1. The second kappa shape index (κ2) is 10.8. The van der Waals surface area contributed by atoms with Crippen LogP contribution in [0.15, 0.2) is 164 Å². The fourth-order valence-electron chi connectivity index (χ4n) is 7.91. The van der Waals surface area contributed by atoms with Crippen molar-refractivity contribution in [1.82, 2.24) is 9.97 Å². The molecule has 0 saturated carbocycles. The van der Waals surface area contributed by atoms with Gasteiger partial charge in [0.25, 0.3) is 0 Å². The maximum atomic E-state index is 5.32. The molecule has 10 rings (SSSR count). The van der Waals surface area contributed by atoms with Gasteiger partial charge in [0.1, 0.15) is 0 Å². The minimum atomic E-state index is -0.290. The molecule has 1 atom stereocenters. The quantitative estimate of drug-likeness (QED) is 0.191. The highest BCUT2D eigenvalue weighted by atomic mass is 32.1. The van der Waals surface area contributed by atoms with Crippen LogP contribution in [0.2, 0.25) is 0 Å². The van der Waals surface area contributed by atoms with Crippen molar-refractivity contribution in [3.63, 3.8) is 0 Å². The Morgan fingerprint density at radius 2 is 1.16 bits per heavy atom. The van der Waals surface area contributed by atoms with Crippen LogP contribution in [0.4, 0.5) is 0 Å². The lowest BCUT2D eigenvalue weighted by Crippen LogP contribution is -2.22. The SMILES string of the molecule is CC1(c2ccccc2)c2ccccc2-c2ccc(-c3cc(-c4cccc5sc6ccccc6c45)nc(-c4ccc5ccccc5c4)n3)cc21. The maximum Gasteiger partial charge on any atom is 0.160 e. The summed E-state index contributed by atoms with van der Waals surface area (Å²) in [4.78, 5) is 10.6. The number of hydrogen-bond donors (Lipinski definition) is 0. The van der Waals surface area contributed by atoms with Crippen LogP contribution in [0, 0.1) is 0 Å². The number of rotatable bonds is 4. The molecule has 0 N–H and O–H groups in total. The summed E-state index contributed by atoms with van der Waals surface area (Å²) in [7, 11) is 0. The van der Waals surface area contributed by atoms with Crippen LogP contribution in [-0.4, -0.2) is 9.97 Å². The van der Waals surface area contributed by atoms with Gasteiger partial charge >= 0.3 is 0 Å². The molecule has 0 fully saturated rings. The van der Waals surface area contributed by atoms with E-state index in [1.807, 2.05) is 11.3 Å². The molecule has 7 aromatic carbocycles. The smallest absolute Gasteiger partial charge is 0.160 e. The first-order valence-electron chi connectivity index (χ1n) is 16.7. The summed E-state index contributed by atoms with van der Waals surface area (Å²) < 4.78 is 2.55. The Labute approximate surface area is 289 Å². The zero-order chi connectivity index (χ0) is 32.5. The molecule has 0 aliphatic heterocycles. The Morgan fingerprint density at radius 1 is 0.469 bits per heavy atom. The number of hydrogen-bond acceptors (Lipinski definition) is 3. The number of fused-ring (bicyclic) bond motifs is 7. The monoisotopic (exact) mass is 642 g/mol. The van der Waals surface area contributed by atoms with Crippen molar-refractivity contribution >= 4 is 42.3 Å². The minimum Gasteiger partial charge on any atom is -0.228 e. The van der Waals surface area contributed by atoms with Crippen LogP contribution in [0.3, 0.4) is 0 Å². The highest BCUT2D eigenvalue weighted by Crippen LogP contribution is 2.53. The Bertz CT molecular complexity index is 2740. The van der Waals surface area contributed by atoms with Gasteiger partial charge in [-0.25, -0.2) is 9.97 Å². The van der Waals surface area contributed by atoms with Crippen LogP contribution in [0.5, 0.6) is 0 Å². The second-order valence-corrected chi connectivity index (χ2v) is 14.2. The van der Waals surface area contributed by atoms with E-state index in [0.29, 0.717) is 0 Å². The lowest BCUT2D eigenvalue weighted by Gasteiger charge is -2.28. The van der Waals surface area contributed by atoms with E-state index in [1.165, 1.54) is 58.8 Å². The molecule has 0 spiro atoms. The number of benzene rings is 7. The third kappa shape index (κ3) is 4.33. The van der Waals surface area contributed by atoms with Gasteiger partial charge in [-0.1, -0.05) is 133 Å². The molecule has 0 amide bonds. The predicted octanol–water partition coefficient (Wildman–Crippen LogP) is 12.3. The third-order valence-corrected chi connectivity index (χ3v) is 11.5. The molecule has 0 saturated heterocycles. The molecule has 9 aromatic rings. The molecule has 1 aliphatic carbocycles. The zero-order valence-electron chi connectivity index (χ0n) is 26.9. The van der Waals surface area contributed by atoms with E-state index in [0.717, 1.165) is 33.9 Å². The molecule has 0 bridgehead atoms. The Kier molecular flexibility index (Phi) is 6.21. The highest BCUT2D eigenvalue weighted by Gasteiger charge is 2.40. The van der Waals surface area contributed by atoms with Gasteiger partial charge in [-0.2, -0.15) is 0 Å². The first-order chi connectivity index (χ1) is 24.1. The summed E-state index contributed by atoms with van der Waals surface area (Å²) in [5.74, 6) is 0.726. The van der Waals surface area contributed by atoms with Gasteiger partial charge in [0.15, 0.2) is 5.82 Å². The van der Waals surface area contributed by atoms with Gasteiger partial charge in [-0.05, 0) is 75.8 Å². The normalized spacial score (nSPS) is 15.1. The molecule has 49 heavy (non-hydrogen) atoms. The maximum absolute atomic E-state index is 5.32. The Hall–Kier alpha value is -5.90. The van der Waals surface area contributed by atoms with E-state index in [9.17, 15) is 0 Å². The van der Waals surface area contributed by atoms with Crippen molar-refractivity contribution in [2.45, 2.75) is 12.3 Å². The minimum absolute atomic E-state index is 0.290. The summed E-state index contributed by atoms with van der Waals surface area (Å²) >= 11 is 1.83. The van der Waals surface area contributed by atoms with Crippen LogP contribution in [0.1, 0.15) is 23.6 Å². The molecule has 2 heterocycles.